The predicted molar refractivity (Wildman–Crippen MR) is 75.2 cm³/mol. The third-order valence-corrected chi connectivity index (χ3v) is 2.90. The molecule has 0 aromatic carbocycles. The molecular formula is C14H24N2O4. The van der Waals surface area contributed by atoms with Gasteiger partial charge in [-0.3, -0.25) is 0 Å². The quantitative estimate of drug-likeness (QED) is 0.809. The van der Waals surface area contributed by atoms with Crippen molar-refractivity contribution in [2.24, 2.45) is 5.92 Å². The van der Waals surface area contributed by atoms with Crippen LogP contribution in [0.25, 0.3) is 0 Å². The molecule has 0 aromatic heterocycles. The third kappa shape index (κ3) is 5.11. The molecule has 1 rings (SSSR count). The molecule has 2 amide bonds. The van der Waals surface area contributed by atoms with Crippen molar-refractivity contribution in [1.29, 1.82) is 0 Å². The molecule has 20 heavy (non-hydrogen) atoms. The van der Waals surface area contributed by atoms with E-state index in [0.29, 0.717) is 18.6 Å². The zero-order chi connectivity index (χ0) is 15.5. The van der Waals surface area contributed by atoms with Crippen LogP contribution in [0.2, 0.25) is 0 Å². The van der Waals surface area contributed by atoms with Crippen molar-refractivity contribution < 1.29 is 19.1 Å². The first-order valence-corrected chi connectivity index (χ1v) is 6.66. The highest BCUT2D eigenvalue weighted by atomic mass is 16.6. The number of carbonyl (C=O) groups excluding carboxylic acids is 2. The van der Waals surface area contributed by atoms with Gasteiger partial charge in [0.25, 0.3) is 0 Å². The lowest BCUT2D eigenvalue weighted by atomic mass is 9.79. The Bertz CT molecular complexity index is 392. The average Bonchev–Trinajstić information content (AvgIpc) is 2.19. The number of allylic oxidation sites excluding steroid dienone is 1. The van der Waals surface area contributed by atoms with Gasteiger partial charge < -0.3 is 19.7 Å². The van der Waals surface area contributed by atoms with Crippen LogP contribution in [0.4, 0.5) is 9.59 Å². The molecule has 0 aliphatic heterocycles. The van der Waals surface area contributed by atoms with Gasteiger partial charge in [0.1, 0.15) is 11.4 Å². The Morgan fingerprint density at radius 3 is 2.25 bits per heavy atom. The lowest BCUT2D eigenvalue weighted by Gasteiger charge is -2.36. The Balaban J connectivity index is 2.27. The first-order chi connectivity index (χ1) is 9.08. The highest BCUT2D eigenvalue weighted by Crippen LogP contribution is 2.33. The maximum Gasteiger partial charge on any atom is 0.414 e. The summed E-state index contributed by atoms with van der Waals surface area (Å²) in [6.07, 6.45) is 0.563. The van der Waals surface area contributed by atoms with Crippen molar-refractivity contribution >= 4 is 12.2 Å². The van der Waals surface area contributed by atoms with E-state index in [1.54, 1.807) is 14.1 Å². The molecule has 0 unspecified atom stereocenters. The van der Waals surface area contributed by atoms with Crippen molar-refractivity contribution in [3.63, 3.8) is 0 Å². The molecule has 1 saturated carbocycles. The summed E-state index contributed by atoms with van der Waals surface area (Å²) in [6, 6.07) is 0.0460. The van der Waals surface area contributed by atoms with E-state index in [4.69, 9.17) is 9.47 Å². The van der Waals surface area contributed by atoms with Gasteiger partial charge in [-0.25, -0.2) is 9.59 Å². The number of nitrogens with zero attached hydrogens (tertiary/aromatic N) is 1. The summed E-state index contributed by atoms with van der Waals surface area (Å²) in [4.78, 5) is 24.3. The molecule has 0 saturated heterocycles. The van der Waals surface area contributed by atoms with Gasteiger partial charge in [-0.15, -0.1) is 0 Å². The minimum Gasteiger partial charge on any atom is -0.444 e. The number of carbonyl (C=O) groups is 2. The summed E-state index contributed by atoms with van der Waals surface area (Å²) in [6.45, 7) is 9.21. The summed E-state index contributed by atoms with van der Waals surface area (Å²) >= 11 is 0. The fourth-order valence-corrected chi connectivity index (χ4v) is 1.76. The second-order valence-corrected chi connectivity index (χ2v) is 6.24. The van der Waals surface area contributed by atoms with Crippen molar-refractivity contribution in [3.8, 4) is 0 Å². The van der Waals surface area contributed by atoms with Gasteiger partial charge in [0.15, 0.2) is 0 Å². The SMILES string of the molecule is C=C(OC(=O)N(C)C)C1CC(NC(=O)OC(C)(C)C)C1. The molecule has 1 aliphatic carbocycles. The molecule has 0 heterocycles. The Morgan fingerprint density at radius 2 is 1.80 bits per heavy atom. The summed E-state index contributed by atoms with van der Waals surface area (Å²) in [5.41, 5.74) is -0.502. The first-order valence-electron chi connectivity index (χ1n) is 6.66. The molecule has 0 atom stereocenters. The topological polar surface area (TPSA) is 67.9 Å². The smallest absolute Gasteiger partial charge is 0.414 e. The molecule has 1 N–H and O–H groups in total. The Morgan fingerprint density at radius 1 is 1.25 bits per heavy atom. The van der Waals surface area contributed by atoms with Gasteiger partial charge >= 0.3 is 12.2 Å². The zero-order valence-electron chi connectivity index (χ0n) is 12.9. The lowest BCUT2D eigenvalue weighted by molar-refractivity contribution is 0.0441. The Hall–Kier alpha value is -1.72. The van der Waals surface area contributed by atoms with E-state index < -0.39 is 17.8 Å². The van der Waals surface area contributed by atoms with Crippen molar-refractivity contribution in [2.45, 2.75) is 45.3 Å². The fraction of sp³-hybridized carbons (Fsp3) is 0.714. The molecule has 6 nitrogen and oxygen atoms in total. The number of nitrogens with one attached hydrogen (secondary N) is 1. The molecule has 0 radical (unpaired) electrons. The highest BCUT2D eigenvalue weighted by molar-refractivity contribution is 5.69. The lowest BCUT2D eigenvalue weighted by Crippen LogP contribution is -2.47. The van der Waals surface area contributed by atoms with Crippen LogP contribution in [0.3, 0.4) is 0 Å². The van der Waals surface area contributed by atoms with Crippen LogP contribution in [0.5, 0.6) is 0 Å². The van der Waals surface area contributed by atoms with Crippen LogP contribution in [-0.4, -0.2) is 42.8 Å². The van der Waals surface area contributed by atoms with Crippen LogP contribution < -0.4 is 5.32 Å². The first kappa shape index (κ1) is 16.3. The number of hydrogen-bond donors (Lipinski definition) is 1. The van der Waals surface area contributed by atoms with Crippen LogP contribution in [0, 0.1) is 5.92 Å². The molecule has 114 valence electrons. The molecule has 0 aromatic rings. The maximum atomic E-state index is 11.6. The summed E-state index contributed by atoms with van der Waals surface area (Å²) < 4.78 is 10.3. The zero-order valence-corrected chi connectivity index (χ0v) is 12.9. The average molecular weight is 284 g/mol. The van der Waals surface area contributed by atoms with E-state index in [-0.39, 0.29) is 12.0 Å². The summed E-state index contributed by atoms with van der Waals surface area (Å²) in [7, 11) is 3.23. The predicted octanol–water partition coefficient (Wildman–Crippen LogP) is 2.50. The number of hydrogen-bond acceptors (Lipinski definition) is 4. The second-order valence-electron chi connectivity index (χ2n) is 6.24. The van der Waals surface area contributed by atoms with E-state index in [1.807, 2.05) is 20.8 Å². The monoisotopic (exact) mass is 284 g/mol. The minimum atomic E-state index is -0.502. The molecule has 6 heteroatoms. The van der Waals surface area contributed by atoms with E-state index in [9.17, 15) is 9.59 Å². The maximum absolute atomic E-state index is 11.6. The van der Waals surface area contributed by atoms with Crippen molar-refractivity contribution in [3.05, 3.63) is 12.3 Å². The van der Waals surface area contributed by atoms with Gasteiger partial charge in [-0.05, 0) is 33.6 Å². The van der Waals surface area contributed by atoms with Crippen LogP contribution in [0.1, 0.15) is 33.6 Å². The third-order valence-electron chi connectivity index (χ3n) is 2.90. The number of amides is 2. The largest absolute Gasteiger partial charge is 0.444 e. The van der Waals surface area contributed by atoms with Gasteiger partial charge in [0.05, 0.1) is 0 Å². The van der Waals surface area contributed by atoms with E-state index >= 15 is 0 Å². The summed E-state index contributed by atoms with van der Waals surface area (Å²) in [5, 5.41) is 2.78. The van der Waals surface area contributed by atoms with Gasteiger partial charge in [-0.2, -0.15) is 0 Å². The Kier molecular flexibility index (Phi) is 5.03. The molecule has 0 bridgehead atoms. The van der Waals surface area contributed by atoms with E-state index in [0.717, 1.165) is 0 Å². The normalized spacial score (nSPS) is 21.4. The number of alkyl carbamates (subject to hydrolysis) is 1. The molecule has 1 fully saturated rings. The van der Waals surface area contributed by atoms with E-state index in [1.165, 1.54) is 4.90 Å². The van der Waals surface area contributed by atoms with Gasteiger partial charge in [0, 0.05) is 26.1 Å². The Labute approximate surface area is 120 Å². The van der Waals surface area contributed by atoms with Gasteiger partial charge in [-0.1, -0.05) is 6.58 Å². The molecule has 0 spiro atoms. The van der Waals surface area contributed by atoms with Crippen LogP contribution >= 0.6 is 0 Å². The van der Waals surface area contributed by atoms with Crippen LogP contribution in [0.15, 0.2) is 12.3 Å². The van der Waals surface area contributed by atoms with Crippen molar-refractivity contribution in [2.75, 3.05) is 14.1 Å². The van der Waals surface area contributed by atoms with Crippen molar-refractivity contribution in [1.82, 2.24) is 10.2 Å². The summed E-state index contributed by atoms with van der Waals surface area (Å²) in [5.74, 6) is 0.546. The number of ether oxygens (including phenoxy) is 2. The fourth-order valence-electron chi connectivity index (χ4n) is 1.76. The standard InChI is InChI=1S/C14H24N2O4/c1-9(19-13(18)16(5)6)10-7-11(8-10)15-12(17)20-14(2,3)4/h10-11H,1,7-8H2,2-6H3,(H,15,17). The second kappa shape index (κ2) is 6.15. The molecular weight excluding hydrogens is 260 g/mol. The minimum absolute atomic E-state index is 0.0460. The number of rotatable bonds is 3. The molecule has 1 aliphatic rings. The highest BCUT2D eigenvalue weighted by Gasteiger charge is 2.35. The van der Waals surface area contributed by atoms with Crippen LogP contribution in [-0.2, 0) is 9.47 Å². The van der Waals surface area contributed by atoms with E-state index in [2.05, 4.69) is 11.9 Å². The van der Waals surface area contributed by atoms with Gasteiger partial charge in [0.2, 0.25) is 0 Å².